The van der Waals surface area contributed by atoms with Gasteiger partial charge in [-0.15, -0.1) is 0 Å². The van der Waals surface area contributed by atoms with Crippen LogP contribution in [0.4, 0.5) is 14.5 Å². The van der Waals surface area contributed by atoms with E-state index in [2.05, 4.69) is 5.32 Å². The molecule has 0 bridgehead atoms. The number of hydrogen-bond donors (Lipinski definition) is 2. The smallest absolute Gasteiger partial charge is 0.251 e. The van der Waals surface area contributed by atoms with Crippen molar-refractivity contribution >= 4 is 11.6 Å². The SMILES string of the molecule is CCC(C)(C)CNC(=O)c1cc(F)c(N)c(F)c1. The molecule has 1 amide bonds. The van der Waals surface area contributed by atoms with Crippen molar-refractivity contribution in [1.82, 2.24) is 5.32 Å². The van der Waals surface area contributed by atoms with Crippen LogP contribution in [0.3, 0.4) is 0 Å². The van der Waals surface area contributed by atoms with Crippen LogP contribution in [0, 0.1) is 17.0 Å². The Bertz CT molecular complexity index is 435. The number of carbonyl (C=O) groups is 1. The van der Waals surface area contributed by atoms with Crippen LogP contribution in [-0.2, 0) is 0 Å². The summed E-state index contributed by atoms with van der Waals surface area (Å²) in [5, 5.41) is 2.65. The zero-order chi connectivity index (χ0) is 13.9. The van der Waals surface area contributed by atoms with Crippen LogP contribution >= 0.6 is 0 Å². The molecule has 100 valence electrons. The predicted octanol–water partition coefficient (Wildman–Crippen LogP) is 2.71. The highest BCUT2D eigenvalue weighted by atomic mass is 19.1. The summed E-state index contributed by atoms with van der Waals surface area (Å²) >= 11 is 0. The van der Waals surface area contributed by atoms with Gasteiger partial charge < -0.3 is 11.1 Å². The predicted molar refractivity (Wildman–Crippen MR) is 67.2 cm³/mol. The van der Waals surface area contributed by atoms with Crippen molar-refractivity contribution in [1.29, 1.82) is 0 Å². The van der Waals surface area contributed by atoms with Crippen LogP contribution in [0.1, 0.15) is 37.6 Å². The van der Waals surface area contributed by atoms with E-state index in [-0.39, 0.29) is 11.0 Å². The summed E-state index contributed by atoms with van der Waals surface area (Å²) in [6, 6.07) is 1.87. The minimum Gasteiger partial charge on any atom is -0.394 e. The van der Waals surface area contributed by atoms with Gasteiger partial charge in [0.25, 0.3) is 5.91 Å². The van der Waals surface area contributed by atoms with Gasteiger partial charge in [0.05, 0.1) is 0 Å². The lowest BCUT2D eigenvalue weighted by Crippen LogP contribution is -2.33. The molecule has 0 spiro atoms. The van der Waals surface area contributed by atoms with Gasteiger partial charge >= 0.3 is 0 Å². The van der Waals surface area contributed by atoms with Gasteiger partial charge in [-0.3, -0.25) is 4.79 Å². The monoisotopic (exact) mass is 256 g/mol. The molecule has 1 aromatic rings. The maximum absolute atomic E-state index is 13.2. The van der Waals surface area contributed by atoms with Crippen LogP contribution in [-0.4, -0.2) is 12.5 Å². The summed E-state index contributed by atoms with van der Waals surface area (Å²) in [5.74, 6) is -2.35. The van der Waals surface area contributed by atoms with Gasteiger partial charge in [0.2, 0.25) is 0 Å². The van der Waals surface area contributed by atoms with E-state index in [1.165, 1.54) is 0 Å². The van der Waals surface area contributed by atoms with Crippen molar-refractivity contribution in [3.8, 4) is 0 Å². The maximum atomic E-state index is 13.2. The van der Waals surface area contributed by atoms with Gasteiger partial charge in [-0.1, -0.05) is 20.8 Å². The number of nitrogens with one attached hydrogen (secondary N) is 1. The first-order valence-corrected chi connectivity index (χ1v) is 5.79. The number of rotatable bonds is 4. The van der Waals surface area contributed by atoms with Crippen molar-refractivity contribution in [3.05, 3.63) is 29.3 Å². The Morgan fingerprint density at radius 3 is 2.28 bits per heavy atom. The third-order valence-corrected chi connectivity index (χ3v) is 3.03. The molecule has 0 heterocycles. The molecule has 0 aliphatic heterocycles. The molecule has 0 aromatic heterocycles. The number of halogens is 2. The second-order valence-corrected chi connectivity index (χ2v) is 5.05. The molecule has 3 N–H and O–H groups in total. The number of benzene rings is 1. The van der Waals surface area contributed by atoms with Gasteiger partial charge in [0.1, 0.15) is 17.3 Å². The molecule has 0 radical (unpaired) electrons. The molecule has 0 aliphatic rings. The quantitative estimate of drug-likeness (QED) is 0.814. The fourth-order valence-electron chi connectivity index (χ4n) is 1.26. The zero-order valence-electron chi connectivity index (χ0n) is 10.8. The maximum Gasteiger partial charge on any atom is 0.251 e. The zero-order valence-corrected chi connectivity index (χ0v) is 10.8. The van der Waals surface area contributed by atoms with E-state index in [4.69, 9.17) is 5.73 Å². The molecule has 18 heavy (non-hydrogen) atoms. The number of amides is 1. The molecule has 5 heteroatoms. The van der Waals surface area contributed by atoms with Crippen molar-refractivity contribution in [2.24, 2.45) is 5.41 Å². The first-order chi connectivity index (χ1) is 8.26. The Morgan fingerprint density at radius 2 is 1.83 bits per heavy atom. The van der Waals surface area contributed by atoms with E-state index < -0.39 is 23.2 Å². The Kier molecular flexibility index (Phi) is 4.27. The van der Waals surface area contributed by atoms with Crippen molar-refractivity contribution in [3.63, 3.8) is 0 Å². The molecule has 0 aliphatic carbocycles. The second kappa shape index (κ2) is 5.33. The Balaban J connectivity index is 2.80. The summed E-state index contributed by atoms with van der Waals surface area (Å²) in [6.07, 6.45) is 0.887. The lowest BCUT2D eigenvalue weighted by molar-refractivity contribution is 0.0935. The van der Waals surface area contributed by atoms with Crippen molar-refractivity contribution in [2.45, 2.75) is 27.2 Å². The summed E-state index contributed by atoms with van der Waals surface area (Å²) < 4.78 is 26.4. The molecule has 0 unspecified atom stereocenters. The Morgan fingerprint density at radius 1 is 1.33 bits per heavy atom. The van der Waals surface area contributed by atoms with E-state index in [0.717, 1.165) is 18.6 Å². The third kappa shape index (κ3) is 3.42. The summed E-state index contributed by atoms with van der Waals surface area (Å²) in [7, 11) is 0. The van der Waals surface area contributed by atoms with Crippen LogP contribution in [0.25, 0.3) is 0 Å². The Labute approximate surface area is 105 Å². The van der Waals surface area contributed by atoms with E-state index >= 15 is 0 Å². The highest BCUT2D eigenvalue weighted by Gasteiger charge is 2.18. The molecule has 1 rings (SSSR count). The van der Waals surface area contributed by atoms with Gasteiger partial charge in [-0.25, -0.2) is 8.78 Å². The van der Waals surface area contributed by atoms with E-state index in [0.29, 0.717) is 6.54 Å². The molecule has 0 saturated carbocycles. The largest absolute Gasteiger partial charge is 0.394 e. The highest BCUT2D eigenvalue weighted by Crippen LogP contribution is 2.19. The minimum atomic E-state index is -0.921. The van der Waals surface area contributed by atoms with Gasteiger partial charge in [-0.2, -0.15) is 0 Å². The summed E-state index contributed by atoms with van der Waals surface area (Å²) in [4.78, 5) is 11.7. The van der Waals surface area contributed by atoms with Crippen molar-refractivity contribution in [2.75, 3.05) is 12.3 Å². The minimum absolute atomic E-state index is 0.0550. The third-order valence-electron chi connectivity index (χ3n) is 3.03. The van der Waals surface area contributed by atoms with Gasteiger partial charge in [-0.05, 0) is 24.0 Å². The number of nitrogen functional groups attached to an aromatic ring is 1. The second-order valence-electron chi connectivity index (χ2n) is 5.05. The average molecular weight is 256 g/mol. The normalized spacial score (nSPS) is 11.4. The number of anilines is 1. The lowest BCUT2D eigenvalue weighted by Gasteiger charge is -2.22. The fraction of sp³-hybridized carbons (Fsp3) is 0.462. The first kappa shape index (κ1) is 14.4. The van der Waals surface area contributed by atoms with Crippen LogP contribution in [0.15, 0.2) is 12.1 Å². The fourth-order valence-corrected chi connectivity index (χ4v) is 1.26. The number of hydrogen-bond acceptors (Lipinski definition) is 2. The molecule has 1 aromatic carbocycles. The standard InChI is InChI=1S/C13H18F2N2O/c1-4-13(2,3)7-17-12(18)8-5-9(14)11(16)10(15)6-8/h5-6H,4,7,16H2,1-3H3,(H,17,18). The molecular weight excluding hydrogens is 238 g/mol. The van der Waals surface area contributed by atoms with Crippen LogP contribution < -0.4 is 11.1 Å². The first-order valence-electron chi connectivity index (χ1n) is 5.79. The average Bonchev–Trinajstić information content (AvgIpc) is 2.32. The topological polar surface area (TPSA) is 55.1 Å². The lowest BCUT2D eigenvalue weighted by atomic mass is 9.90. The van der Waals surface area contributed by atoms with E-state index in [9.17, 15) is 13.6 Å². The summed E-state index contributed by atoms with van der Waals surface area (Å²) in [5.41, 5.74) is 4.45. The number of carbonyl (C=O) groups excluding carboxylic acids is 1. The van der Waals surface area contributed by atoms with Gasteiger partial charge in [0, 0.05) is 12.1 Å². The van der Waals surface area contributed by atoms with Crippen molar-refractivity contribution < 1.29 is 13.6 Å². The molecule has 0 fully saturated rings. The van der Waals surface area contributed by atoms with Gasteiger partial charge in [0.15, 0.2) is 0 Å². The molecule has 3 nitrogen and oxygen atoms in total. The molecule has 0 atom stereocenters. The summed E-state index contributed by atoms with van der Waals surface area (Å²) in [6.45, 7) is 6.44. The van der Waals surface area contributed by atoms with E-state index in [1.807, 2.05) is 20.8 Å². The van der Waals surface area contributed by atoms with Crippen LogP contribution in [0.5, 0.6) is 0 Å². The van der Waals surface area contributed by atoms with E-state index in [1.54, 1.807) is 0 Å². The Hall–Kier alpha value is -1.65. The highest BCUT2D eigenvalue weighted by molar-refractivity contribution is 5.94. The molecular formula is C13H18F2N2O. The van der Waals surface area contributed by atoms with Crippen LogP contribution in [0.2, 0.25) is 0 Å². The number of nitrogens with two attached hydrogens (primary N) is 1. The molecule has 0 saturated heterocycles.